The summed E-state index contributed by atoms with van der Waals surface area (Å²) in [5, 5.41) is -0.296. The van der Waals surface area contributed by atoms with Gasteiger partial charge in [-0.15, -0.1) is 0 Å². The molecule has 2 aromatic rings. The van der Waals surface area contributed by atoms with Crippen molar-refractivity contribution in [2.24, 2.45) is 0 Å². The summed E-state index contributed by atoms with van der Waals surface area (Å²) in [6.07, 6.45) is 0. The molecule has 2 N–H and O–H groups in total. The fourth-order valence-corrected chi connectivity index (χ4v) is 7.92. The van der Waals surface area contributed by atoms with Crippen LogP contribution < -0.4 is 10.6 Å². The van der Waals surface area contributed by atoms with Crippen molar-refractivity contribution in [2.45, 2.75) is 42.0 Å². The number of rotatable bonds is 6. The normalized spacial score (nSPS) is 14.8. The average Bonchev–Trinajstić information content (AvgIpc) is 2.69. The largest absolute Gasteiger partial charge is 0.317 e. The van der Waals surface area contributed by atoms with Gasteiger partial charge in [-0.05, 0) is 38.1 Å². The van der Waals surface area contributed by atoms with Crippen LogP contribution in [-0.4, -0.2) is 41.2 Å². The first-order valence-corrected chi connectivity index (χ1v) is 14.5. The zero-order valence-corrected chi connectivity index (χ0v) is 23.6. The molecule has 0 aliphatic carbocycles. The molecule has 15 heteroatoms. The Hall–Kier alpha value is -0.650. The molecule has 0 aromatic heterocycles. The van der Waals surface area contributed by atoms with Crippen LogP contribution in [0.2, 0.25) is 0 Å². The Labute approximate surface area is 227 Å². The van der Waals surface area contributed by atoms with Crippen molar-refractivity contribution in [3.8, 4) is 0 Å². The smallest absolute Gasteiger partial charge is 0.317 e. The number of urea groups is 1. The molecule has 0 spiro atoms. The summed E-state index contributed by atoms with van der Waals surface area (Å²) in [6, 6.07) is 9.72. The van der Waals surface area contributed by atoms with Crippen molar-refractivity contribution in [3.63, 3.8) is 0 Å². The van der Waals surface area contributed by atoms with Crippen LogP contribution in [0.4, 0.5) is 4.79 Å². The minimum Gasteiger partial charge on any atom is -0.317 e. The number of aryl methyl sites for hydroxylation is 2. The number of carbonyl (C=O) groups excluding carboxylic acids is 1. The number of sulfone groups is 2. The van der Waals surface area contributed by atoms with Gasteiger partial charge in [0, 0.05) is 0 Å². The standard InChI is InChI=1S/C19H18Cl6N2O5S2/c1-11-3-7-13(8-4-11)33(29,30)15(18(20,21)22)26-17(28)27-16(19(23,24)25)34(31,32)14-9-5-12(2)6-10-14/h3-10,15-16H,1-2H3,(H2,26,27,28)/t15-,16+. The second-order valence-electron chi connectivity index (χ2n) is 7.18. The van der Waals surface area contributed by atoms with Gasteiger partial charge >= 0.3 is 6.03 Å². The zero-order chi connectivity index (χ0) is 26.1. The van der Waals surface area contributed by atoms with Crippen molar-refractivity contribution < 1.29 is 21.6 Å². The lowest BCUT2D eigenvalue weighted by Crippen LogP contribution is -2.57. The fraction of sp³-hybridized carbons (Fsp3) is 0.316. The molecule has 7 nitrogen and oxygen atoms in total. The summed E-state index contributed by atoms with van der Waals surface area (Å²) in [5.74, 6) is 0. The van der Waals surface area contributed by atoms with E-state index < -0.39 is 44.0 Å². The van der Waals surface area contributed by atoms with E-state index in [4.69, 9.17) is 69.6 Å². The van der Waals surface area contributed by atoms with Gasteiger partial charge in [-0.25, -0.2) is 21.6 Å². The fourth-order valence-electron chi connectivity index (χ4n) is 2.68. The topological polar surface area (TPSA) is 109 Å². The van der Waals surface area contributed by atoms with Gasteiger partial charge in [-0.1, -0.05) is 105 Å². The lowest BCUT2D eigenvalue weighted by molar-refractivity contribution is 0.238. The molecule has 34 heavy (non-hydrogen) atoms. The Balaban J connectivity index is 2.40. The average molecular weight is 631 g/mol. The van der Waals surface area contributed by atoms with Gasteiger partial charge in [0.05, 0.1) is 9.79 Å². The van der Waals surface area contributed by atoms with Gasteiger partial charge in [0.1, 0.15) is 0 Å². The van der Waals surface area contributed by atoms with E-state index in [-0.39, 0.29) is 9.79 Å². The predicted molar refractivity (Wildman–Crippen MR) is 137 cm³/mol. The monoisotopic (exact) mass is 628 g/mol. The lowest BCUT2D eigenvalue weighted by Gasteiger charge is -2.29. The Morgan fingerprint density at radius 1 is 0.647 bits per heavy atom. The number of halogens is 6. The maximum Gasteiger partial charge on any atom is 0.317 e. The molecule has 188 valence electrons. The Morgan fingerprint density at radius 2 is 0.912 bits per heavy atom. The van der Waals surface area contributed by atoms with Crippen LogP contribution in [0.5, 0.6) is 0 Å². The van der Waals surface area contributed by atoms with Gasteiger partial charge in [0.25, 0.3) is 0 Å². The van der Waals surface area contributed by atoms with E-state index in [1.807, 2.05) is 10.6 Å². The third-order valence-corrected chi connectivity index (χ3v) is 10.6. The first kappa shape index (κ1) is 29.6. The van der Waals surface area contributed by atoms with E-state index in [9.17, 15) is 21.6 Å². The molecule has 2 aromatic carbocycles. The minimum absolute atomic E-state index is 0.250. The van der Waals surface area contributed by atoms with Crippen LogP contribution in [0.25, 0.3) is 0 Å². The Kier molecular flexibility index (Phi) is 9.36. The van der Waals surface area contributed by atoms with Gasteiger partial charge in [0.2, 0.25) is 27.3 Å². The van der Waals surface area contributed by atoms with Gasteiger partial charge < -0.3 is 10.6 Å². The summed E-state index contributed by atoms with van der Waals surface area (Å²) in [7, 11) is -8.90. The molecule has 0 aliphatic heterocycles. The van der Waals surface area contributed by atoms with Crippen LogP contribution in [0.15, 0.2) is 58.3 Å². The summed E-state index contributed by atoms with van der Waals surface area (Å²) >= 11 is 35.1. The number of alkyl halides is 6. The van der Waals surface area contributed by atoms with Gasteiger partial charge in [-0.3, -0.25) is 0 Å². The summed E-state index contributed by atoms with van der Waals surface area (Å²) < 4.78 is 47.2. The number of hydrogen-bond acceptors (Lipinski definition) is 5. The molecule has 0 bridgehead atoms. The lowest BCUT2D eigenvalue weighted by atomic mass is 10.2. The van der Waals surface area contributed by atoms with Crippen LogP contribution in [0.1, 0.15) is 11.1 Å². The number of benzene rings is 2. The van der Waals surface area contributed by atoms with Crippen LogP contribution >= 0.6 is 69.6 Å². The second-order valence-corrected chi connectivity index (χ2v) is 16.0. The molecule has 0 aliphatic rings. The third kappa shape index (κ3) is 7.20. The highest BCUT2D eigenvalue weighted by Crippen LogP contribution is 2.37. The van der Waals surface area contributed by atoms with Crippen molar-refractivity contribution >= 4 is 95.3 Å². The predicted octanol–water partition coefficient (Wildman–Crippen LogP) is 5.24. The van der Waals surface area contributed by atoms with E-state index in [1.54, 1.807) is 13.8 Å². The maximum absolute atomic E-state index is 13.1. The highest BCUT2D eigenvalue weighted by Gasteiger charge is 2.48. The first-order chi connectivity index (χ1) is 15.4. The SMILES string of the molecule is Cc1ccc(S(=O)(=O)[C@H](NC(=O)N[C@@H](C(Cl)(Cl)Cl)S(=O)(=O)c2ccc(C)cc2)C(Cl)(Cl)Cl)cc1. The molecular formula is C19H18Cl6N2O5S2. The van der Waals surface area contributed by atoms with E-state index in [0.717, 1.165) is 11.1 Å². The van der Waals surface area contributed by atoms with Crippen molar-refractivity contribution in [3.05, 3.63) is 59.7 Å². The van der Waals surface area contributed by atoms with E-state index in [2.05, 4.69) is 0 Å². The first-order valence-electron chi connectivity index (χ1n) is 9.18. The molecule has 0 fully saturated rings. The number of carbonyl (C=O) groups is 1. The summed E-state index contributed by atoms with van der Waals surface area (Å²) in [6.45, 7) is 3.47. The summed E-state index contributed by atoms with van der Waals surface area (Å²) in [5.41, 5.74) is 1.53. The highest BCUT2D eigenvalue weighted by atomic mass is 35.6. The van der Waals surface area contributed by atoms with E-state index >= 15 is 0 Å². The van der Waals surface area contributed by atoms with E-state index in [0.29, 0.717) is 0 Å². The maximum atomic E-state index is 13.1. The van der Waals surface area contributed by atoms with Crippen LogP contribution in [0.3, 0.4) is 0 Å². The molecule has 2 atom stereocenters. The molecule has 0 radical (unpaired) electrons. The molecule has 0 unspecified atom stereocenters. The minimum atomic E-state index is -4.45. The molecule has 0 heterocycles. The van der Waals surface area contributed by atoms with Crippen molar-refractivity contribution in [1.29, 1.82) is 0 Å². The van der Waals surface area contributed by atoms with Crippen molar-refractivity contribution in [2.75, 3.05) is 0 Å². The Morgan fingerprint density at radius 3 is 1.15 bits per heavy atom. The zero-order valence-electron chi connectivity index (χ0n) is 17.4. The second kappa shape index (κ2) is 10.8. The number of amides is 2. The van der Waals surface area contributed by atoms with Crippen molar-refractivity contribution in [1.82, 2.24) is 10.6 Å². The molecule has 2 amide bonds. The number of nitrogens with one attached hydrogen (secondary N) is 2. The van der Waals surface area contributed by atoms with Crippen LogP contribution in [0, 0.1) is 13.8 Å². The third-order valence-electron chi connectivity index (χ3n) is 4.44. The van der Waals surface area contributed by atoms with Gasteiger partial charge in [-0.2, -0.15) is 0 Å². The number of hydrogen-bond donors (Lipinski definition) is 2. The van der Waals surface area contributed by atoms with E-state index in [1.165, 1.54) is 48.5 Å². The molecule has 0 saturated carbocycles. The Bertz CT molecular complexity index is 1140. The quantitative estimate of drug-likeness (QED) is 0.424. The molecule has 0 saturated heterocycles. The van der Waals surface area contributed by atoms with Crippen LogP contribution in [-0.2, 0) is 19.7 Å². The van der Waals surface area contributed by atoms with Gasteiger partial charge in [0.15, 0.2) is 10.7 Å². The highest BCUT2D eigenvalue weighted by molar-refractivity contribution is 7.92. The molecular weight excluding hydrogens is 613 g/mol. The molecule has 2 rings (SSSR count). The summed E-state index contributed by atoms with van der Waals surface area (Å²) in [4.78, 5) is 12.2.